The van der Waals surface area contributed by atoms with Crippen LogP contribution in [0, 0.1) is 20.8 Å². The highest BCUT2D eigenvalue weighted by atomic mass is 15.1. The molecule has 0 amide bonds. The second-order valence-corrected chi connectivity index (χ2v) is 5.79. The smallest absolute Gasteiger partial charge is 0.136 e. The molecule has 0 radical (unpaired) electrons. The van der Waals surface area contributed by atoms with E-state index in [4.69, 9.17) is 0 Å². The summed E-state index contributed by atoms with van der Waals surface area (Å²) in [5, 5.41) is 6.74. The van der Waals surface area contributed by atoms with Gasteiger partial charge in [-0.3, -0.25) is 4.98 Å². The van der Waals surface area contributed by atoms with Gasteiger partial charge in [0, 0.05) is 30.7 Å². The number of hydrogen-bond donors (Lipinski definition) is 2. The normalized spacial score (nSPS) is 10.5. The predicted octanol–water partition coefficient (Wildman–Crippen LogP) is 4.15. The number of nitrogens with zero attached hydrogens (tertiary/aromatic N) is 3. The third kappa shape index (κ3) is 3.87. The van der Waals surface area contributed by atoms with Gasteiger partial charge in [-0.2, -0.15) is 0 Å². The van der Waals surface area contributed by atoms with Gasteiger partial charge in [-0.05, 0) is 43.5 Å². The van der Waals surface area contributed by atoms with Crippen LogP contribution in [0.1, 0.15) is 22.5 Å². The topological polar surface area (TPSA) is 62.7 Å². The van der Waals surface area contributed by atoms with E-state index < -0.39 is 0 Å². The van der Waals surface area contributed by atoms with Gasteiger partial charge in [-0.25, -0.2) is 9.97 Å². The molecule has 0 fully saturated rings. The van der Waals surface area contributed by atoms with Crippen LogP contribution in [0.15, 0.2) is 48.8 Å². The van der Waals surface area contributed by atoms with Gasteiger partial charge in [0.25, 0.3) is 0 Å². The number of aromatic nitrogens is 3. The van der Waals surface area contributed by atoms with E-state index in [2.05, 4.69) is 57.6 Å². The van der Waals surface area contributed by atoms with Gasteiger partial charge >= 0.3 is 0 Å². The second kappa shape index (κ2) is 7.08. The fraction of sp³-hybridized carbons (Fsp3) is 0.211. The minimum absolute atomic E-state index is 0.674. The minimum Gasteiger partial charge on any atom is -0.366 e. The molecular weight excluding hydrogens is 298 g/mol. The molecule has 0 aliphatic carbocycles. The van der Waals surface area contributed by atoms with Crippen molar-refractivity contribution in [2.75, 3.05) is 10.6 Å². The number of benzene rings is 1. The fourth-order valence-corrected chi connectivity index (χ4v) is 2.56. The Balaban J connectivity index is 1.79. The Morgan fingerprint density at radius 3 is 2.38 bits per heavy atom. The second-order valence-electron chi connectivity index (χ2n) is 5.79. The van der Waals surface area contributed by atoms with E-state index in [1.807, 2.05) is 31.3 Å². The minimum atomic E-state index is 0.674. The molecule has 0 saturated heterocycles. The van der Waals surface area contributed by atoms with Crippen LogP contribution >= 0.6 is 0 Å². The third-order valence-electron chi connectivity index (χ3n) is 3.77. The molecule has 5 nitrogen and oxygen atoms in total. The number of pyridine rings is 1. The Morgan fingerprint density at radius 2 is 1.67 bits per heavy atom. The molecular formula is C19H21N5. The molecule has 122 valence electrons. The van der Waals surface area contributed by atoms with Crippen molar-refractivity contribution in [1.29, 1.82) is 0 Å². The molecule has 0 bridgehead atoms. The van der Waals surface area contributed by atoms with Crippen molar-refractivity contribution < 1.29 is 0 Å². The lowest BCUT2D eigenvalue weighted by Gasteiger charge is -2.13. The van der Waals surface area contributed by atoms with E-state index in [0.29, 0.717) is 6.54 Å². The van der Waals surface area contributed by atoms with E-state index >= 15 is 0 Å². The Bertz CT molecular complexity index is 810. The van der Waals surface area contributed by atoms with E-state index in [1.165, 1.54) is 11.1 Å². The van der Waals surface area contributed by atoms with Crippen molar-refractivity contribution in [3.63, 3.8) is 0 Å². The summed E-state index contributed by atoms with van der Waals surface area (Å²) >= 11 is 0. The van der Waals surface area contributed by atoms with Crippen LogP contribution in [-0.4, -0.2) is 15.0 Å². The number of para-hydroxylation sites is 1. The zero-order valence-corrected chi connectivity index (χ0v) is 14.2. The average molecular weight is 319 g/mol. The third-order valence-corrected chi connectivity index (χ3v) is 3.77. The first kappa shape index (κ1) is 15.9. The first-order chi connectivity index (χ1) is 11.6. The predicted molar refractivity (Wildman–Crippen MR) is 97.5 cm³/mol. The molecule has 0 spiro atoms. The number of nitrogens with one attached hydrogen (secondary N) is 2. The number of anilines is 3. The van der Waals surface area contributed by atoms with Crippen molar-refractivity contribution in [3.8, 4) is 0 Å². The van der Waals surface area contributed by atoms with Crippen LogP contribution in [0.25, 0.3) is 0 Å². The summed E-state index contributed by atoms with van der Waals surface area (Å²) in [7, 11) is 0. The summed E-state index contributed by atoms with van der Waals surface area (Å²) < 4.78 is 0. The van der Waals surface area contributed by atoms with Gasteiger partial charge in [-0.1, -0.05) is 24.3 Å². The molecule has 2 heterocycles. The quantitative estimate of drug-likeness (QED) is 0.739. The van der Waals surface area contributed by atoms with Crippen LogP contribution < -0.4 is 10.6 Å². The first-order valence-corrected chi connectivity index (χ1v) is 7.93. The maximum Gasteiger partial charge on any atom is 0.136 e. The zero-order chi connectivity index (χ0) is 16.9. The highest BCUT2D eigenvalue weighted by molar-refractivity contribution is 5.65. The number of rotatable bonds is 5. The summed E-state index contributed by atoms with van der Waals surface area (Å²) in [6, 6.07) is 12.1. The van der Waals surface area contributed by atoms with Crippen LogP contribution in [0.3, 0.4) is 0 Å². The SMILES string of the molecule is Cc1nc(NCc2cccnc2)cc(Nc2c(C)cccc2C)n1. The Labute approximate surface area is 142 Å². The molecule has 2 aromatic heterocycles. The van der Waals surface area contributed by atoms with Gasteiger partial charge in [0.2, 0.25) is 0 Å². The molecule has 0 aliphatic heterocycles. The van der Waals surface area contributed by atoms with Crippen LogP contribution in [-0.2, 0) is 6.54 Å². The average Bonchev–Trinajstić information content (AvgIpc) is 2.57. The molecule has 3 aromatic rings. The maximum absolute atomic E-state index is 4.49. The number of hydrogen-bond acceptors (Lipinski definition) is 5. The maximum atomic E-state index is 4.49. The van der Waals surface area contributed by atoms with Crippen LogP contribution in [0.5, 0.6) is 0 Å². The highest BCUT2D eigenvalue weighted by Gasteiger charge is 2.06. The summed E-state index contributed by atoms with van der Waals surface area (Å²) in [6.07, 6.45) is 3.61. The highest BCUT2D eigenvalue weighted by Crippen LogP contribution is 2.24. The molecule has 1 aromatic carbocycles. The van der Waals surface area contributed by atoms with Gasteiger partial charge < -0.3 is 10.6 Å². The van der Waals surface area contributed by atoms with Crippen LogP contribution in [0.2, 0.25) is 0 Å². The molecule has 0 atom stereocenters. The molecule has 0 aliphatic rings. The summed E-state index contributed by atoms with van der Waals surface area (Å²) in [5.74, 6) is 2.30. The largest absolute Gasteiger partial charge is 0.366 e. The van der Waals surface area contributed by atoms with Gasteiger partial charge in [0.15, 0.2) is 0 Å². The summed E-state index contributed by atoms with van der Waals surface area (Å²) in [4.78, 5) is 13.1. The Kier molecular flexibility index (Phi) is 4.70. The van der Waals surface area contributed by atoms with Crippen molar-refractivity contribution in [1.82, 2.24) is 15.0 Å². The Morgan fingerprint density at radius 1 is 0.917 bits per heavy atom. The van der Waals surface area contributed by atoms with Gasteiger partial charge in [-0.15, -0.1) is 0 Å². The standard InChI is InChI=1S/C19H21N5/c1-13-6-4-7-14(2)19(13)24-18-10-17(22-15(3)23-18)21-12-16-8-5-9-20-11-16/h4-11H,12H2,1-3H3,(H2,21,22,23,24). The lowest BCUT2D eigenvalue weighted by atomic mass is 10.1. The van der Waals surface area contributed by atoms with E-state index in [0.717, 1.165) is 28.7 Å². The van der Waals surface area contributed by atoms with Gasteiger partial charge in [0.1, 0.15) is 17.5 Å². The van der Waals surface area contributed by atoms with E-state index in [9.17, 15) is 0 Å². The van der Waals surface area contributed by atoms with Crippen molar-refractivity contribution in [2.45, 2.75) is 27.3 Å². The lowest BCUT2D eigenvalue weighted by molar-refractivity contribution is 1.02. The van der Waals surface area contributed by atoms with Gasteiger partial charge in [0.05, 0.1) is 0 Å². The summed E-state index contributed by atoms with van der Waals surface area (Å²) in [6.45, 7) is 6.74. The zero-order valence-electron chi connectivity index (χ0n) is 14.2. The van der Waals surface area contributed by atoms with Crippen LogP contribution in [0.4, 0.5) is 17.3 Å². The summed E-state index contributed by atoms with van der Waals surface area (Å²) in [5.41, 5.74) is 4.58. The molecule has 2 N–H and O–H groups in total. The Hall–Kier alpha value is -2.95. The molecule has 3 rings (SSSR count). The molecule has 24 heavy (non-hydrogen) atoms. The first-order valence-electron chi connectivity index (χ1n) is 7.93. The van der Waals surface area contributed by atoms with Crippen molar-refractivity contribution >= 4 is 17.3 Å². The lowest BCUT2D eigenvalue weighted by Crippen LogP contribution is -2.06. The number of aryl methyl sites for hydroxylation is 3. The fourth-order valence-electron chi connectivity index (χ4n) is 2.56. The van der Waals surface area contributed by atoms with Crippen molar-refractivity contribution in [2.24, 2.45) is 0 Å². The molecule has 0 saturated carbocycles. The molecule has 0 unspecified atom stereocenters. The van der Waals surface area contributed by atoms with Crippen molar-refractivity contribution in [3.05, 3.63) is 71.3 Å². The van der Waals surface area contributed by atoms with E-state index in [1.54, 1.807) is 6.20 Å². The monoisotopic (exact) mass is 319 g/mol. The molecule has 5 heteroatoms. The van der Waals surface area contributed by atoms with E-state index in [-0.39, 0.29) is 0 Å².